The fourth-order valence-corrected chi connectivity index (χ4v) is 3.14. The van der Waals surface area contributed by atoms with Crippen LogP contribution in [0.1, 0.15) is 13.3 Å². The second kappa shape index (κ2) is 7.11. The summed E-state index contributed by atoms with van der Waals surface area (Å²) in [6, 6.07) is 10.3. The van der Waals surface area contributed by atoms with Gasteiger partial charge in [0.1, 0.15) is 5.75 Å². The Balaban J connectivity index is 2.26. The van der Waals surface area contributed by atoms with Gasteiger partial charge in [-0.1, -0.05) is 24.3 Å². The second-order valence-electron chi connectivity index (χ2n) is 4.44. The SMILES string of the molecule is CCOCCCOc1ccc(S(=O)(=O)Cl)c2ccccc12. The maximum atomic E-state index is 11.6. The first-order valence-electron chi connectivity index (χ1n) is 6.71. The molecule has 0 aromatic heterocycles. The third-order valence-electron chi connectivity index (χ3n) is 3.00. The van der Waals surface area contributed by atoms with Crippen molar-refractivity contribution >= 4 is 30.5 Å². The van der Waals surface area contributed by atoms with Crippen molar-refractivity contribution in [1.82, 2.24) is 0 Å². The highest BCUT2D eigenvalue weighted by atomic mass is 35.7. The minimum atomic E-state index is -3.78. The summed E-state index contributed by atoms with van der Waals surface area (Å²) >= 11 is 0. The minimum absolute atomic E-state index is 0.0985. The fraction of sp³-hybridized carbons (Fsp3) is 0.333. The van der Waals surface area contributed by atoms with Crippen LogP contribution in [-0.4, -0.2) is 28.2 Å². The van der Waals surface area contributed by atoms with Crippen LogP contribution in [0, 0.1) is 0 Å². The van der Waals surface area contributed by atoms with Crippen molar-refractivity contribution in [3.05, 3.63) is 36.4 Å². The maximum absolute atomic E-state index is 11.6. The summed E-state index contributed by atoms with van der Waals surface area (Å²) in [6.45, 7) is 3.78. The quantitative estimate of drug-likeness (QED) is 0.576. The molecule has 0 aliphatic rings. The molecule has 0 saturated carbocycles. The van der Waals surface area contributed by atoms with Gasteiger partial charge >= 0.3 is 0 Å². The molecule has 114 valence electrons. The molecule has 0 aliphatic carbocycles. The molecule has 0 heterocycles. The topological polar surface area (TPSA) is 52.6 Å². The molecule has 0 radical (unpaired) electrons. The molecule has 2 aromatic carbocycles. The highest BCUT2D eigenvalue weighted by Gasteiger charge is 2.16. The zero-order valence-corrected chi connectivity index (χ0v) is 13.3. The molecule has 0 fully saturated rings. The average Bonchev–Trinajstić information content (AvgIpc) is 2.45. The van der Waals surface area contributed by atoms with E-state index < -0.39 is 9.05 Å². The molecule has 21 heavy (non-hydrogen) atoms. The van der Waals surface area contributed by atoms with Gasteiger partial charge in [-0.2, -0.15) is 0 Å². The summed E-state index contributed by atoms with van der Waals surface area (Å²) in [7, 11) is 1.68. The van der Waals surface area contributed by atoms with E-state index in [9.17, 15) is 8.42 Å². The molecule has 2 aromatic rings. The van der Waals surface area contributed by atoms with Gasteiger partial charge < -0.3 is 9.47 Å². The number of benzene rings is 2. The Morgan fingerprint density at radius 2 is 1.76 bits per heavy atom. The molecular weight excluding hydrogens is 312 g/mol. The molecule has 0 amide bonds. The van der Waals surface area contributed by atoms with E-state index in [0.717, 1.165) is 11.8 Å². The van der Waals surface area contributed by atoms with Crippen molar-refractivity contribution in [2.45, 2.75) is 18.2 Å². The van der Waals surface area contributed by atoms with Gasteiger partial charge in [-0.15, -0.1) is 0 Å². The lowest BCUT2D eigenvalue weighted by Crippen LogP contribution is -2.03. The normalized spacial score (nSPS) is 11.7. The number of hydrogen-bond donors (Lipinski definition) is 0. The van der Waals surface area contributed by atoms with E-state index in [1.807, 2.05) is 19.1 Å². The first kappa shape index (κ1) is 16.1. The van der Waals surface area contributed by atoms with Crippen molar-refractivity contribution in [1.29, 1.82) is 0 Å². The smallest absolute Gasteiger partial charge is 0.261 e. The third kappa shape index (κ3) is 4.09. The van der Waals surface area contributed by atoms with Crippen molar-refractivity contribution in [2.75, 3.05) is 19.8 Å². The maximum Gasteiger partial charge on any atom is 0.261 e. The standard InChI is InChI=1S/C15H17ClO4S/c1-2-19-10-5-11-20-14-8-9-15(21(16,17)18)13-7-4-3-6-12(13)14/h3-4,6-9H,2,5,10-11H2,1H3. The lowest BCUT2D eigenvalue weighted by atomic mass is 10.1. The van der Waals surface area contributed by atoms with Crippen molar-refractivity contribution in [2.24, 2.45) is 0 Å². The molecule has 6 heteroatoms. The van der Waals surface area contributed by atoms with Crippen LogP contribution >= 0.6 is 10.7 Å². The van der Waals surface area contributed by atoms with E-state index in [4.69, 9.17) is 20.2 Å². The average molecular weight is 329 g/mol. The third-order valence-corrected chi connectivity index (χ3v) is 4.38. The zero-order chi connectivity index (χ0) is 15.3. The van der Waals surface area contributed by atoms with Gasteiger partial charge in [0.25, 0.3) is 9.05 Å². The van der Waals surface area contributed by atoms with Gasteiger partial charge in [-0.3, -0.25) is 0 Å². The predicted octanol–water partition coefficient (Wildman–Crippen LogP) is 3.57. The van der Waals surface area contributed by atoms with Crippen LogP contribution in [0.3, 0.4) is 0 Å². The monoisotopic (exact) mass is 328 g/mol. The van der Waals surface area contributed by atoms with E-state index in [2.05, 4.69) is 0 Å². The molecule has 0 saturated heterocycles. The van der Waals surface area contributed by atoms with Crippen LogP contribution < -0.4 is 4.74 Å². The summed E-state index contributed by atoms with van der Waals surface area (Å²) in [5.74, 6) is 0.645. The number of hydrogen-bond acceptors (Lipinski definition) is 4. The van der Waals surface area contributed by atoms with Crippen molar-refractivity contribution < 1.29 is 17.9 Å². The molecular formula is C15H17ClO4S. The largest absolute Gasteiger partial charge is 0.493 e. The minimum Gasteiger partial charge on any atom is -0.493 e. The lowest BCUT2D eigenvalue weighted by molar-refractivity contribution is 0.131. The van der Waals surface area contributed by atoms with E-state index in [0.29, 0.717) is 31.0 Å². The summed E-state index contributed by atoms with van der Waals surface area (Å²) in [6.07, 6.45) is 0.776. The van der Waals surface area contributed by atoms with E-state index in [-0.39, 0.29) is 4.90 Å². The molecule has 0 unspecified atom stereocenters. The van der Waals surface area contributed by atoms with Gasteiger partial charge in [-0.25, -0.2) is 8.42 Å². The molecule has 0 N–H and O–H groups in total. The number of ether oxygens (including phenoxy) is 2. The van der Waals surface area contributed by atoms with Crippen LogP contribution in [-0.2, 0) is 13.8 Å². The first-order valence-corrected chi connectivity index (χ1v) is 9.02. The fourth-order valence-electron chi connectivity index (χ4n) is 2.07. The summed E-state index contributed by atoms with van der Waals surface area (Å²) in [5, 5.41) is 1.30. The lowest BCUT2D eigenvalue weighted by Gasteiger charge is -2.11. The van der Waals surface area contributed by atoms with Crippen molar-refractivity contribution in [3.63, 3.8) is 0 Å². The molecule has 4 nitrogen and oxygen atoms in total. The van der Waals surface area contributed by atoms with Crippen molar-refractivity contribution in [3.8, 4) is 5.75 Å². The second-order valence-corrected chi connectivity index (χ2v) is 6.98. The molecule has 0 bridgehead atoms. The van der Waals surface area contributed by atoms with Crippen LogP contribution in [0.2, 0.25) is 0 Å². The zero-order valence-electron chi connectivity index (χ0n) is 11.7. The summed E-state index contributed by atoms with van der Waals surface area (Å²) in [5.41, 5.74) is 0. The Kier molecular flexibility index (Phi) is 5.45. The van der Waals surface area contributed by atoms with Gasteiger partial charge in [0.05, 0.1) is 11.5 Å². The summed E-state index contributed by atoms with van der Waals surface area (Å²) in [4.78, 5) is 0.0985. The van der Waals surface area contributed by atoms with E-state index in [1.165, 1.54) is 6.07 Å². The summed E-state index contributed by atoms with van der Waals surface area (Å²) < 4.78 is 34.2. The van der Waals surface area contributed by atoms with Crippen LogP contribution in [0.15, 0.2) is 41.3 Å². The predicted molar refractivity (Wildman–Crippen MR) is 83.6 cm³/mol. The Morgan fingerprint density at radius 1 is 1.05 bits per heavy atom. The Morgan fingerprint density at radius 3 is 2.43 bits per heavy atom. The Labute approximate surface area is 129 Å². The molecule has 0 spiro atoms. The van der Waals surface area contributed by atoms with Crippen LogP contribution in [0.5, 0.6) is 5.75 Å². The molecule has 0 atom stereocenters. The van der Waals surface area contributed by atoms with Gasteiger partial charge in [-0.05, 0) is 19.1 Å². The van der Waals surface area contributed by atoms with E-state index >= 15 is 0 Å². The number of rotatable bonds is 7. The number of halogens is 1. The number of fused-ring (bicyclic) bond motifs is 1. The first-order chi connectivity index (χ1) is 10.0. The Hall–Kier alpha value is -1.30. The molecule has 2 rings (SSSR count). The van der Waals surface area contributed by atoms with Crippen LogP contribution in [0.25, 0.3) is 10.8 Å². The highest BCUT2D eigenvalue weighted by molar-refractivity contribution is 8.14. The Bertz CT molecular complexity index is 713. The van der Waals surface area contributed by atoms with Gasteiger partial charge in [0, 0.05) is 41.1 Å². The highest BCUT2D eigenvalue weighted by Crippen LogP contribution is 2.32. The van der Waals surface area contributed by atoms with Gasteiger partial charge in [0.2, 0.25) is 0 Å². The van der Waals surface area contributed by atoms with Crippen LogP contribution in [0.4, 0.5) is 0 Å². The molecule has 0 aliphatic heterocycles. The van der Waals surface area contributed by atoms with Gasteiger partial charge in [0.15, 0.2) is 0 Å². The van der Waals surface area contributed by atoms with E-state index in [1.54, 1.807) is 18.2 Å².